The van der Waals surface area contributed by atoms with Gasteiger partial charge in [0.05, 0.1) is 6.61 Å². The van der Waals surface area contributed by atoms with Gasteiger partial charge in [-0.25, -0.2) is 0 Å². The van der Waals surface area contributed by atoms with Crippen LogP contribution < -0.4 is 4.74 Å². The number of aryl methyl sites for hydroxylation is 2. The molecule has 0 amide bonds. The summed E-state index contributed by atoms with van der Waals surface area (Å²) < 4.78 is 11.9. The number of ketones is 1. The Kier molecular flexibility index (Phi) is 6.81. The first kappa shape index (κ1) is 21.4. The second-order valence-corrected chi connectivity index (χ2v) is 9.14. The van der Waals surface area contributed by atoms with Crippen molar-refractivity contribution in [3.05, 3.63) is 64.2 Å². The fraction of sp³-hybridized carbons (Fsp3) is 0.480. The van der Waals surface area contributed by atoms with Gasteiger partial charge in [0.2, 0.25) is 0 Å². The molecule has 2 heterocycles. The van der Waals surface area contributed by atoms with Crippen LogP contribution in [0.5, 0.6) is 5.75 Å². The third-order valence-corrected chi connectivity index (χ3v) is 6.91. The zero-order valence-corrected chi connectivity index (χ0v) is 18.5. The van der Waals surface area contributed by atoms with Crippen molar-refractivity contribution < 1.29 is 19.4 Å². The van der Waals surface area contributed by atoms with Crippen molar-refractivity contribution >= 4 is 17.5 Å². The van der Waals surface area contributed by atoms with Gasteiger partial charge in [0.1, 0.15) is 23.4 Å². The maximum absolute atomic E-state index is 12.6. The number of benzene rings is 2. The molecule has 2 aromatic carbocycles. The molecule has 4 nitrogen and oxygen atoms in total. The van der Waals surface area contributed by atoms with Crippen molar-refractivity contribution in [2.75, 3.05) is 12.9 Å². The van der Waals surface area contributed by atoms with Crippen LogP contribution in [0.4, 0.5) is 0 Å². The number of thioether (sulfide) groups is 1. The lowest BCUT2D eigenvalue weighted by Gasteiger charge is -2.31. The third-order valence-electron chi connectivity index (χ3n) is 6.08. The highest BCUT2D eigenvalue weighted by molar-refractivity contribution is 7.99. The van der Waals surface area contributed by atoms with Crippen LogP contribution in [0.15, 0.2) is 36.4 Å². The second kappa shape index (κ2) is 9.54. The molecule has 0 aliphatic carbocycles. The van der Waals surface area contributed by atoms with E-state index in [9.17, 15) is 9.90 Å². The van der Waals surface area contributed by atoms with E-state index in [2.05, 4.69) is 37.3 Å². The molecular formula is C25H30O4S. The van der Waals surface area contributed by atoms with Crippen LogP contribution >= 0.6 is 11.8 Å². The second-order valence-electron chi connectivity index (χ2n) is 8.14. The minimum atomic E-state index is -0.958. The van der Waals surface area contributed by atoms with Gasteiger partial charge in [-0.05, 0) is 72.2 Å². The largest absolute Gasteiger partial charge is 0.493 e. The van der Waals surface area contributed by atoms with Gasteiger partial charge in [0.15, 0.2) is 5.78 Å². The molecule has 1 N–H and O–H groups in total. The van der Waals surface area contributed by atoms with Crippen molar-refractivity contribution in [1.82, 2.24) is 0 Å². The van der Waals surface area contributed by atoms with E-state index < -0.39 is 12.2 Å². The third kappa shape index (κ3) is 4.58. The molecule has 5 heteroatoms. The number of aliphatic hydroxyl groups is 1. The van der Waals surface area contributed by atoms with Gasteiger partial charge in [0.25, 0.3) is 0 Å². The first-order valence-corrected chi connectivity index (χ1v) is 12.1. The SMILES string of the molecule is CCc1ccc([C@@H]2O[C@H](SC)C[C@H](O)C2=O)cc1Cc1ccc2c(c1)CCCCO2. The Morgan fingerprint density at radius 1 is 1.13 bits per heavy atom. The molecule has 4 rings (SSSR count). The van der Waals surface area contributed by atoms with Gasteiger partial charge in [-0.1, -0.05) is 37.3 Å². The number of carbonyl (C=O) groups is 1. The summed E-state index contributed by atoms with van der Waals surface area (Å²) in [5.74, 6) is 0.775. The summed E-state index contributed by atoms with van der Waals surface area (Å²) in [5.41, 5.74) is 5.70. The molecule has 160 valence electrons. The van der Waals surface area contributed by atoms with E-state index in [0.717, 1.165) is 50.0 Å². The van der Waals surface area contributed by atoms with Crippen molar-refractivity contribution in [3.8, 4) is 5.75 Å². The molecular weight excluding hydrogens is 396 g/mol. The Morgan fingerprint density at radius 3 is 2.80 bits per heavy atom. The van der Waals surface area contributed by atoms with Gasteiger partial charge in [-0.3, -0.25) is 4.79 Å². The molecule has 0 unspecified atom stereocenters. The summed E-state index contributed by atoms with van der Waals surface area (Å²) in [7, 11) is 0. The van der Waals surface area contributed by atoms with Crippen LogP contribution in [0, 0.1) is 0 Å². The van der Waals surface area contributed by atoms with Crippen molar-refractivity contribution in [3.63, 3.8) is 0 Å². The van der Waals surface area contributed by atoms with Crippen LogP contribution in [0.1, 0.15) is 60.1 Å². The van der Waals surface area contributed by atoms with Crippen molar-refractivity contribution in [2.24, 2.45) is 0 Å². The summed E-state index contributed by atoms with van der Waals surface area (Å²) in [5, 5.41) is 10.2. The highest BCUT2D eigenvalue weighted by Gasteiger charge is 2.37. The molecule has 2 aliphatic rings. The Labute approximate surface area is 183 Å². The highest BCUT2D eigenvalue weighted by Crippen LogP contribution is 2.34. The zero-order chi connectivity index (χ0) is 21.1. The van der Waals surface area contributed by atoms with Crippen LogP contribution in [0.25, 0.3) is 0 Å². The number of hydrogen-bond acceptors (Lipinski definition) is 5. The molecule has 3 atom stereocenters. The predicted molar refractivity (Wildman–Crippen MR) is 120 cm³/mol. The van der Waals surface area contributed by atoms with Crippen LogP contribution in [-0.4, -0.2) is 35.3 Å². The first-order chi connectivity index (χ1) is 14.6. The van der Waals surface area contributed by atoms with E-state index in [0.29, 0.717) is 6.42 Å². The van der Waals surface area contributed by atoms with E-state index in [1.165, 1.54) is 34.0 Å². The van der Waals surface area contributed by atoms with Gasteiger partial charge in [-0.15, -0.1) is 11.8 Å². The van der Waals surface area contributed by atoms with Crippen LogP contribution in [0.3, 0.4) is 0 Å². The van der Waals surface area contributed by atoms with Crippen LogP contribution in [-0.2, 0) is 28.8 Å². The fourth-order valence-corrected chi connectivity index (χ4v) is 4.96. The van der Waals surface area contributed by atoms with Gasteiger partial charge < -0.3 is 14.6 Å². The van der Waals surface area contributed by atoms with Gasteiger partial charge >= 0.3 is 0 Å². The molecule has 2 aliphatic heterocycles. The average molecular weight is 427 g/mol. The molecule has 0 spiro atoms. The smallest absolute Gasteiger partial charge is 0.194 e. The number of hydrogen-bond donors (Lipinski definition) is 1. The number of carbonyl (C=O) groups excluding carboxylic acids is 1. The molecule has 30 heavy (non-hydrogen) atoms. The molecule has 1 saturated heterocycles. The summed E-state index contributed by atoms with van der Waals surface area (Å²) in [6.45, 7) is 2.95. The number of ether oxygens (including phenoxy) is 2. The van der Waals surface area contributed by atoms with E-state index in [-0.39, 0.29) is 11.2 Å². The minimum absolute atomic E-state index is 0.165. The molecule has 1 fully saturated rings. The molecule has 0 saturated carbocycles. The van der Waals surface area contributed by atoms with Gasteiger partial charge in [0, 0.05) is 6.42 Å². The summed E-state index contributed by atoms with van der Waals surface area (Å²) in [4.78, 5) is 12.6. The minimum Gasteiger partial charge on any atom is -0.493 e. The lowest BCUT2D eigenvalue weighted by Crippen LogP contribution is -2.38. The fourth-order valence-electron chi connectivity index (χ4n) is 4.36. The van der Waals surface area contributed by atoms with E-state index >= 15 is 0 Å². The maximum atomic E-state index is 12.6. The maximum Gasteiger partial charge on any atom is 0.194 e. The summed E-state index contributed by atoms with van der Waals surface area (Å²) >= 11 is 1.53. The topological polar surface area (TPSA) is 55.8 Å². The van der Waals surface area contributed by atoms with Crippen molar-refractivity contribution in [1.29, 1.82) is 0 Å². The quantitative estimate of drug-likeness (QED) is 0.755. The van der Waals surface area contributed by atoms with Crippen LogP contribution in [0.2, 0.25) is 0 Å². The van der Waals surface area contributed by atoms with E-state index in [1.807, 2.05) is 12.3 Å². The number of aliphatic hydroxyl groups excluding tert-OH is 1. The predicted octanol–water partition coefficient (Wildman–Crippen LogP) is 4.64. The zero-order valence-electron chi connectivity index (χ0n) is 17.7. The van der Waals surface area contributed by atoms with Crippen molar-refractivity contribution in [2.45, 2.75) is 63.1 Å². The molecule has 0 aromatic heterocycles. The molecule has 2 aromatic rings. The molecule has 0 bridgehead atoms. The lowest BCUT2D eigenvalue weighted by molar-refractivity contribution is -0.150. The summed E-state index contributed by atoms with van der Waals surface area (Å²) in [6.07, 6.45) is 5.69. The lowest BCUT2D eigenvalue weighted by atomic mass is 9.91. The normalized spacial score (nSPS) is 24.1. The Bertz CT molecular complexity index is 910. The number of rotatable bonds is 5. The Balaban J connectivity index is 1.62. The van der Waals surface area contributed by atoms with Gasteiger partial charge in [-0.2, -0.15) is 0 Å². The summed E-state index contributed by atoms with van der Waals surface area (Å²) in [6, 6.07) is 12.7. The standard InChI is InChI=1S/C25H30O4S/c1-3-17-8-9-19(25-24(27)21(26)15-23(29-25)30-2)14-20(17)13-16-7-10-22-18(12-16)6-4-5-11-28-22/h7-10,12,14,21,23,25-26H,3-6,11,13,15H2,1-2H3/t21-,23+,25-/m0/s1. The average Bonchev–Trinajstić information content (AvgIpc) is 3.00. The first-order valence-electron chi connectivity index (χ1n) is 10.9. The Morgan fingerprint density at radius 2 is 2.00 bits per heavy atom. The van der Waals surface area contributed by atoms with E-state index in [4.69, 9.17) is 9.47 Å². The number of fused-ring (bicyclic) bond motifs is 1. The molecule has 0 radical (unpaired) electrons. The van der Waals surface area contributed by atoms with E-state index in [1.54, 1.807) is 0 Å². The monoisotopic (exact) mass is 426 g/mol. The number of Topliss-reactive ketones (excluding diaryl/α,β-unsaturated/α-hetero) is 1. The highest BCUT2D eigenvalue weighted by atomic mass is 32.2. The Hall–Kier alpha value is -1.82.